The predicted molar refractivity (Wildman–Crippen MR) is 53.8 cm³/mol. The quantitative estimate of drug-likeness (QED) is 0.504. The number of hydrogen-bond acceptors (Lipinski definition) is 4. The van der Waals surface area contributed by atoms with E-state index < -0.39 is 5.97 Å². The molecule has 0 aromatic heterocycles. The Kier molecular flexibility index (Phi) is 3.06. The molecule has 0 spiro atoms. The van der Waals surface area contributed by atoms with E-state index in [9.17, 15) is 4.79 Å². The summed E-state index contributed by atoms with van der Waals surface area (Å²) in [5, 5.41) is 8.68. The van der Waals surface area contributed by atoms with Gasteiger partial charge in [-0.1, -0.05) is 6.07 Å². The van der Waals surface area contributed by atoms with E-state index in [1.807, 2.05) is 0 Å². The molecule has 1 aromatic rings. The summed E-state index contributed by atoms with van der Waals surface area (Å²) in [6, 6.07) is 4.09. The topological polar surface area (TPSA) is 115 Å². The number of aromatic carboxylic acids is 1. The van der Waals surface area contributed by atoms with Crippen LogP contribution in [0, 0.1) is 0 Å². The van der Waals surface area contributed by atoms with Gasteiger partial charge in [0.2, 0.25) is 0 Å². The SMILES string of the molecule is NCC(N)c1ccc(C(=O)O)cc1N. The summed E-state index contributed by atoms with van der Waals surface area (Å²) in [7, 11) is 0. The maximum absolute atomic E-state index is 10.6. The Morgan fingerprint density at radius 1 is 1.50 bits per heavy atom. The van der Waals surface area contributed by atoms with Crippen molar-refractivity contribution >= 4 is 11.7 Å². The molecule has 5 heteroatoms. The summed E-state index contributed by atoms with van der Waals surface area (Å²) in [5.74, 6) is -1.01. The van der Waals surface area contributed by atoms with Crippen molar-refractivity contribution in [2.45, 2.75) is 6.04 Å². The first-order chi connectivity index (χ1) is 6.56. The van der Waals surface area contributed by atoms with Gasteiger partial charge in [-0.2, -0.15) is 0 Å². The van der Waals surface area contributed by atoms with E-state index >= 15 is 0 Å². The minimum atomic E-state index is -1.01. The molecule has 1 unspecified atom stereocenters. The maximum atomic E-state index is 10.6. The largest absolute Gasteiger partial charge is 0.478 e. The molecule has 0 saturated carbocycles. The molecular weight excluding hydrogens is 182 g/mol. The lowest BCUT2D eigenvalue weighted by molar-refractivity contribution is 0.0697. The molecule has 1 aromatic carbocycles. The van der Waals surface area contributed by atoms with E-state index in [1.165, 1.54) is 12.1 Å². The lowest BCUT2D eigenvalue weighted by Gasteiger charge is -2.12. The molecule has 14 heavy (non-hydrogen) atoms. The van der Waals surface area contributed by atoms with Crippen LogP contribution in [0.25, 0.3) is 0 Å². The summed E-state index contributed by atoms with van der Waals surface area (Å²) < 4.78 is 0. The molecule has 0 bridgehead atoms. The van der Waals surface area contributed by atoms with Crippen LogP contribution < -0.4 is 17.2 Å². The van der Waals surface area contributed by atoms with E-state index in [0.717, 1.165) is 0 Å². The Labute approximate surface area is 81.5 Å². The minimum Gasteiger partial charge on any atom is -0.478 e. The average molecular weight is 195 g/mol. The molecule has 0 radical (unpaired) electrons. The van der Waals surface area contributed by atoms with Crippen molar-refractivity contribution in [3.8, 4) is 0 Å². The van der Waals surface area contributed by atoms with Crippen molar-refractivity contribution in [1.29, 1.82) is 0 Å². The zero-order valence-electron chi connectivity index (χ0n) is 7.60. The first kappa shape index (κ1) is 10.5. The molecular formula is C9H13N3O2. The molecule has 5 nitrogen and oxygen atoms in total. The molecule has 1 atom stereocenters. The summed E-state index contributed by atoms with van der Waals surface area (Å²) in [4.78, 5) is 10.6. The minimum absolute atomic E-state index is 0.149. The third-order valence-corrected chi connectivity index (χ3v) is 1.99. The number of anilines is 1. The third kappa shape index (κ3) is 2.01. The maximum Gasteiger partial charge on any atom is 0.335 e. The zero-order chi connectivity index (χ0) is 10.7. The van der Waals surface area contributed by atoms with Gasteiger partial charge in [-0.3, -0.25) is 0 Å². The Bertz CT molecular complexity index is 352. The van der Waals surface area contributed by atoms with Crippen LogP contribution in [0.1, 0.15) is 22.0 Å². The monoisotopic (exact) mass is 195 g/mol. The second kappa shape index (κ2) is 4.08. The van der Waals surface area contributed by atoms with Crippen molar-refractivity contribution in [1.82, 2.24) is 0 Å². The van der Waals surface area contributed by atoms with Crippen molar-refractivity contribution in [3.05, 3.63) is 29.3 Å². The van der Waals surface area contributed by atoms with Gasteiger partial charge >= 0.3 is 5.97 Å². The summed E-state index contributed by atoms with van der Waals surface area (Å²) in [6.07, 6.45) is 0. The summed E-state index contributed by atoms with van der Waals surface area (Å²) >= 11 is 0. The molecule has 1 rings (SSSR count). The number of hydrogen-bond donors (Lipinski definition) is 4. The first-order valence-corrected chi connectivity index (χ1v) is 4.14. The number of rotatable bonds is 3. The molecule has 0 amide bonds. The van der Waals surface area contributed by atoms with Gasteiger partial charge in [-0.05, 0) is 17.7 Å². The Balaban J connectivity index is 3.07. The van der Waals surface area contributed by atoms with Crippen LogP contribution in [0.4, 0.5) is 5.69 Å². The number of nitrogen functional groups attached to an aromatic ring is 1. The normalized spacial score (nSPS) is 12.4. The van der Waals surface area contributed by atoms with Crippen molar-refractivity contribution in [3.63, 3.8) is 0 Å². The predicted octanol–water partition coefficient (Wildman–Crippen LogP) is -0.0745. The van der Waals surface area contributed by atoms with Crippen LogP contribution in [0.2, 0.25) is 0 Å². The highest BCUT2D eigenvalue weighted by Gasteiger charge is 2.10. The summed E-state index contributed by atoms with van der Waals surface area (Å²) in [5.41, 5.74) is 17.9. The lowest BCUT2D eigenvalue weighted by atomic mass is 10.0. The first-order valence-electron chi connectivity index (χ1n) is 4.14. The van der Waals surface area contributed by atoms with Crippen molar-refractivity contribution in [2.75, 3.05) is 12.3 Å². The van der Waals surface area contributed by atoms with Crippen LogP contribution in [-0.2, 0) is 0 Å². The average Bonchev–Trinajstić information content (AvgIpc) is 2.16. The van der Waals surface area contributed by atoms with E-state index in [1.54, 1.807) is 6.07 Å². The molecule has 0 heterocycles. The van der Waals surface area contributed by atoms with E-state index in [-0.39, 0.29) is 18.2 Å². The highest BCUT2D eigenvalue weighted by atomic mass is 16.4. The molecule has 0 fully saturated rings. The van der Waals surface area contributed by atoms with Crippen LogP contribution in [-0.4, -0.2) is 17.6 Å². The standard InChI is InChI=1S/C9H13N3O2/c10-4-8(12)6-2-1-5(9(13)14)3-7(6)11/h1-3,8H,4,10-12H2,(H,13,14). The molecule has 0 aliphatic carbocycles. The number of carboxylic acids is 1. The fourth-order valence-corrected chi connectivity index (χ4v) is 1.17. The van der Waals surface area contributed by atoms with Gasteiger partial charge in [0.15, 0.2) is 0 Å². The van der Waals surface area contributed by atoms with Gasteiger partial charge in [0.05, 0.1) is 5.56 Å². The zero-order valence-corrected chi connectivity index (χ0v) is 7.60. The van der Waals surface area contributed by atoms with Crippen LogP contribution in [0.15, 0.2) is 18.2 Å². The molecule has 0 aliphatic rings. The van der Waals surface area contributed by atoms with Crippen molar-refractivity contribution in [2.24, 2.45) is 11.5 Å². The molecule has 0 aliphatic heterocycles. The van der Waals surface area contributed by atoms with Gasteiger partial charge in [0.25, 0.3) is 0 Å². The smallest absolute Gasteiger partial charge is 0.335 e. The lowest BCUT2D eigenvalue weighted by Crippen LogP contribution is -2.22. The number of benzene rings is 1. The van der Waals surface area contributed by atoms with E-state index in [2.05, 4.69) is 0 Å². The van der Waals surface area contributed by atoms with Gasteiger partial charge in [-0.15, -0.1) is 0 Å². The van der Waals surface area contributed by atoms with Gasteiger partial charge < -0.3 is 22.3 Å². The van der Waals surface area contributed by atoms with Crippen molar-refractivity contribution < 1.29 is 9.90 Å². The highest BCUT2D eigenvalue weighted by molar-refractivity contribution is 5.89. The Morgan fingerprint density at radius 2 is 2.14 bits per heavy atom. The third-order valence-electron chi connectivity index (χ3n) is 1.99. The number of carbonyl (C=O) groups is 1. The Morgan fingerprint density at radius 3 is 2.57 bits per heavy atom. The second-order valence-electron chi connectivity index (χ2n) is 2.99. The van der Waals surface area contributed by atoms with Gasteiger partial charge in [0, 0.05) is 18.3 Å². The second-order valence-corrected chi connectivity index (χ2v) is 2.99. The fourth-order valence-electron chi connectivity index (χ4n) is 1.17. The fraction of sp³-hybridized carbons (Fsp3) is 0.222. The molecule has 0 saturated heterocycles. The summed E-state index contributed by atoms with van der Waals surface area (Å²) in [6.45, 7) is 0.274. The number of nitrogens with two attached hydrogens (primary N) is 3. The van der Waals surface area contributed by atoms with Gasteiger partial charge in [-0.25, -0.2) is 4.79 Å². The van der Waals surface area contributed by atoms with Crippen LogP contribution in [0.5, 0.6) is 0 Å². The van der Waals surface area contributed by atoms with Crippen LogP contribution in [0.3, 0.4) is 0 Å². The molecule has 7 N–H and O–H groups in total. The van der Waals surface area contributed by atoms with E-state index in [4.69, 9.17) is 22.3 Å². The van der Waals surface area contributed by atoms with Crippen LogP contribution >= 0.6 is 0 Å². The van der Waals surface area contributed by atoms with E-state index in [0.29, 0.717) is 11.3 Å². The highest BCUT2D eigenvalue weighted by Crippen LogP contribution is 2.19. The number of carboxylic acid groups (broad SMARTS) is 1. The Hall–Kier alpha value is -1.59. The van der Waals surface area contributed by atoms with Gasteiger partial charge in [0.1, 0.15) is 0 Å². The molecule has 76 valence electrons.